The number of benzene rings is 3. The second-order valence-corrected chi connectivity index (χ2v) is 10.5. The molecule has 3 rings (SSSR count). The highest BCUT2D eigenvalue weighted by Crippen LogP contribution is 2.27. The molecule has 35 heavy (non-hydrogen) atoms. The zero-order valence-corrected chi connectivity index (χ0v) is 21.9. The lowest BCUT2D eigenvalue weighted by Gasteiger charge is -2.12. The quantitative estimate of drug-likeness (QED) is 0.336. The lowest BCUT2D eigenvalue weighted by atomic mass is 10.1. The van der Waals surface area contributed by atoms with Crippen molar-refractivity contribution in [2.45, 2.75) is 11.3 Å². The summed E-state index contributed by atoms with van der Waals surface area (Å²) in [5.74, 6) is -0.813. The molecule has 0 unspecified atom stereocenters. The van der Waals surface area contributed by atoms with Crippen molar-refractivity contribution in [3.05, 3.63) is 87.9 Å². The van der Waals surface area contributed by atoms with Crippen molar-refractivity contribution in [3.63, 3.8) is 0 Å². The van der Waals surface area contributed by atoms with Crippen molar-refractivity contribution in [1.82, 2.24) is 10.0 Å². The van der Waals surface area contributed by atoms with Crippen molar-refractivity contribution >= 4 is 72.4 Å². The Hall–Kier alpha value is -2.99. The van der Waals surface area contributed by atoms with Crippen LogP contribution in [0.5, 0.6) is 5.75 Å². The van der Waals surface area contributed by atoms with E-state index in [0.717, 1.165) is 4.47 Å². The van der Waals surface area contributed by atoms with Crippen molar-refractivity contribution in [3.8, 4) is 5.75 Å². The number of hydrogen-bond acceptors (Lipinski definition) is 6. The highest BCUT2D eigenvalue weighted by atomic mass is 79.9. The number of nitrogens with one attached hydrogen (secondary N) is 3. The predicted molar refractivity (Wildman–Crippen MR) is 141 cm³/mol. The molecule has 0 saturated heterocycles. The average molecular weight is 597 g/mol. The smallest absolute Gasteiger partial charge is 0.264 e. The molecule has 3 N–H and O–H groups in total. The van der Waals surface area contributed by atoms with Gasteiger partial charge in [-0.05, 0) is 60.2 Å². The molecule has 0 atom stereocenters. The molecule has 0 aliphatic heterocycles. The largest absolute Gasteiger partial charge is 0.482 e. The van der Waals surface area contributed by atoms with E-state index in [9.17, 15) is 18.0 Å². The Kier molecular flexibility index (Phi) is 9.21. The number of sulfonamides is 1. The number of rotatable bonds is 8. The Bertz CT molecular complexity index is 1340. The van der Waals surface area contributed by atoms with Crippen molar-refractivity contribution in [2.24, 2.45) is 0 Å². The molecule has 0 bridgehead atoms. The first-order valence-electron chi connectivity index (χ1n) is 10.0. The third-order valence-corrected chi connectivity index (χ3v) is 6.77. The third-order valence-electron chi connectivity index (χ3n) is 4.38. The number of hydrogen-bond donors (Lipinski definition) is 3. The first-order valence-corrected chi connectivity index (χ1v) is 13.1. The van der Waals surface area contributed by atoms with Crippen LogP contribution >= 0.6 is 39.7 Å². The minimum Gasteiger partial charge on any atom is -0.482 e. The summed E-state index contributed by atoms with van der Waals surface area (Å²) in [6.07, 6.45) is -0.0641. The molecule has 0 radical (unpaired) electrons. The van der Waals surface area contributed by atoms with E-state index in [-0.39, 0.29) is 23.0 Å². The van der Waals surface area contributed by atoms with Crippen LogP contribution in [0.1, 0.15) is 5.56 Å². The summed E-state index contributed by atoms with van der Waals surface area (Å²) in [5, 5.41) is 5.56. The van der Waals surface area contributed by atoms with Crippen LogP contribution in [0.2, 0.25) is 5.02 Å². The van der Waals surface area contributed by atoms with Gasteiger partial charge in [-0.1, -0.05) is 57.9 Å². The van der Waals surface area contributed by atoms with Gasteiger partial charge in [0.2, 0.25) is 5.91 Å². The van der Waals surface area contributed by atoms with E-state index in [2.05, 4.69) is 26.6 Å². The van der Waals surface area contributed by atoms with E-state index in [1.807, 2.05) is 4.72 Å². The number of thiocarbonyl (C=S) groups is 1. The van der Waals surface area contributed by atoms with Crippen molar-refractivity contribution in [1.29, 1.82) is 0 Å². The van der Waals surface area contributed by atoms with Crippen molar-refractivity contribution in [2.75, 3.05) is 11.9 Å². The van der Waals surface area contributed by atoms with Crippen LogP contribution in [-0.2, 0) is 26.0 Å². The van der Waals surface area contributed by atoms with E-state index in [4.69, 9.17) is 28.6 Å². The number of ether oxygens (including phenoxy) is 1. The fourth-order valence-corrected chi connectivity index (χ4v) is 4.75. The normalized spacial score (nSPS) is 10.8. The van der Waals surface area contributed by atoms with E-state index in [1.165, 1.54) is 24.3 Å². The van der Waals surface area contributed by atoms with Gasteiger partial charge in [0.25, 0.3) is 15.9 Å². The summed E-state index contributed by atoms with van der Waals surface area (Å²) >= 11 is 14.4. The maximum atomic E-state index is 12.5. The minimum atomic E-state index is -4.04. The second kappa shape index (κ2) is 12.1. The van der Waals surface area contributed by atoms with Gasteiger partial charge in [-0.15, -0.1) is 0 Å². The molecule has 182 valence electrons. The molecule has 0 saturated carbocycles. The van der Waals surface area contributed by atoms with Crippen molar-refractivity contribution < 1.29 is 22.7 Å². The molecule has 8 nitrogen and oxygen atoms in total. The third kappa shape index (κ3) is 8.32. The Morgan fingerprint density at radius 2 is 1.66 bits per heavy atom. The Morgan fingerprint density at radius 3 is 2.31 bits per heavy atom. The van der Waals surface area contributed by atoms with Crippen LogP contribution in [0.4, 0.5) is 5.69 Å². The van der Waals surface area contributed by atoms with E-state index < -0.39 is 21.8 Å². The lowest BCUT2D eigenvalue weighted by molar-refractivity contribution is -0.121. The molecule has 0 aliphatic carbocycles. The van der Waals surface area contributed by atoms with Gasteiger partial charge in [0, 0.05) is 10.2 Å². The number of amides is 2. The standard InChI is InChI=1S/C23H19BrClN3O5S2/c24-16-6-11-20(19(25)13-16)33-14-22(30)27-23(34)26-17-7-9-18(10-8-17)35(31,32)28-21(29)12-15-4-2-1-3-5-15/h1-11,13H,12,14H2,(H,28,29)(H2,26,27,30,34). The Balaban J connectivity index is 1.50. The molecule has 3 aromatic rings. The van der Waals surface area contributed by atoms with E-state index >= 15 is 0 Å². The topological polar surface area (TPSA) is 114 Å². The summed E-state index contributed by atoms with van der Waals surface area (Å²) in [7, 11) is -4.04. The first-order chi connectivity index (χ1) is 16.6. The van der Waals surface area contributed by atoms with E-state index in [0.29, 0.717) is 22.0 Å². The highest BCUT2D eigenvalue weighted by molar-refractivity contribution is 9.10. The van der Waals surface area contributed by atoms with Gasteiger partial charge in [-0.25, -0.2) is 13.1 Å². The maximum Gasteiger partial charge on any atom is 0.264 e. The molecule has 0 heterocycles. The SMILES string of the molecule is O=C(COc1ccc(Br)cc1Cl)NC(=S)Nc1ccc(S(=O)(=O)NC(=O)Cc2ccccc2)cc1. The molecular weight excluding hydrogens is 578 g/mol. The fourth-order valence-electron chi connectivity index (χ4n) is 2.80. The Morgan fingerprint density at radius 1 is 0.971 bits per heavy atom. The fraction of sp³-hybridized carbons (Fsp3) is 0.0870. The molecule has 12 heteroatoms. The van der Waals surface area contributed by atoms with Crippen LogP contribution in [0.15, 0.2) is 82.2 Å². The maximum absolute atomic E-state index is 12.5. The lowest BCUT2D eigenvalue weighted by Crippen LogP contribution is -2.37. The van der Waals surface area contributed by atoms with Gasteiger partial charge in [-0.3, -0.25) is 14.9 Å². The molecule has 3 aromatic carbocycles. The second-order valence-electron chi connectivity index (χ2n) is 7.08. The van der Waals surface area contributed by atoms with E-state index in [1.54, 1.807) is 48.5 Å². The number of carbonyl (C=O) groups is 2. The summed E-state index contributed by atoms with van der Waals surface area (Å²) in [4.78, 5) is 24.1. The monoisotopic (exact) mass is 595 g/mol. The van der Waals surface area contributed by atoms with Crippen LogP contribution in [-0.4, -0.2) is 32.0 Å². The molecule has 0 fully saturated rings. The van der Waals surface area contributed by atoms with Crippen LogP contribution < -0.4 is 20.1 Å². The van der Waals surface area contributed by atoms with Gasteiger partial charge in [-0.2, -0.15) is 0 Å². The Labute approximate surface area is 221 Å². The molecule has 0 aliphatic rings. The van der Waals surface area contributed by atoms with Gasteiger partial charge >= 0.3 is 0 Å². The van der Waals surface area contributed by atoms with Gasteiger partial charge in [0.15, 0.2) is 11.7 Å². The number of anilines is 1. The minimum absolute atomic E-state index is 0.00715. The zero-order valence-electron chi connectivity index (χ0n) is 18.0. The average Bonchev–Trinajstić information content (AvgIpc) is 2.79. The van der Waals surface area contributed by atoms with Crippen LogP contribution in [0.25, 0.3) is 0 Å². The number of carbonyl (C=O) groups excluding carboxylic acids is 2. The molecular formula is C23H19BrClN3O5S2. The summed E-state index contributed by atoms with van der Waals surface area (Å²) in [6.45, 7) is -0.316. The summed E-state index contributed by atoms with van der Waals surface area (Å²) < 4.78 is 33.2. The molecule has 0 aromatic heterocycles. The number of halogens is 2. The highest BCUT2D eigenvalue weighted by Gasteiger charge is 2.18. The summed E-state index contributed by atoms with van der Waals surface area (Å²) in [6, 6.07) is 19.3. The first kappa shape index (κ1) is 26.6. The zero-order chi connectivity index (χ0) is 25.4. The van der Waals surface area contributed by atoms with Gasteiger partial charge in [0.05, 0.1) is 16.3 Å². The predicted octanol–water partition coefficient (Wildman–Crippen LogP) is 4.04. The van der Waals surface area contributed by atoms with Gasteiger partial charge in [0.1, 0.15) is 5.75 Å². The summed E-state index contributed by atoms with van der Waals surface area (Å²) in [5.41, 5.74) is 1.13. The van der Waals surface area contributed by atoms with Crippen LogP contribution in [0.3, 0.4) is 0 Å². The molecule has 0 spiro atoms. The van der Waals surface area contributed by atoms with Gasteiger partial charge < -0.3 is 10.1 Å². The molecule has 2 amide bonds. The van der Waals surface area contributed by atoms with Crippen LogP contribution in [0, 0.1) is 0 Å².